The molecule has 0 radical (unpaired) electrons. The second-order valence-corrected chi connectivity index (χ2v) is 2.41. The van der Waals surface area contributed by atoms with Crippen molar-refractivity contribution < 1.29 is 0 Å². The number of halogens is 2. The average Bonchev–Trinajstić information content (AvgIpc) is 1.85. The van der Waals surface area contributed by atoms with Gasteiger partial charge in [-0.25, -0.2) is 9.97 Å². The first-order valence-electron chi connectivity index (χ1n) is 2.61. The van der Waals surface area contributed by atoms with Crippen molar-refractivity contribution in [2.45, 2.75) is 6.54 Å². The predicted octanol–water partition coefficient (Wildman–Crippen LogP) is 1.24. The second kappa shape index (κ2) is 3.14. The zero-order valence-electron chi connectivity index (χ0n) is 5.01. The van der Waals surface area contributed by atoms with Crippen molar-refractivity contribution in [3.8, 4) is 0 Å². The zero-order valence-corrected chi connectivity index (χ0v) is 6.52. The molecule has 54 valence electrons. The number of rotatable bonds is 1. The van der Waals surface area contributed by atoms with E-state index in [1.807, 2.05) is 0 Å². The second-order valence-electron chi connectivity index (χ2n) is 1.63. The summed E-state index contributed by atoms with van der Waals surface area (Å²) >= 11 is 11.1. The van der Waals surface area contributed by atoms with Crippen LogP contribution in [-0.4, -0.2) is 9.97 Å². The van der Waals surface area contributed by atoms with Crippen molar-refractivity contribution in [3.05, 3.63) is 22.2 Å². The van der Waals surface area contributed by atoms with Gasteiger partial charge in [-0.05, 0) is 0 Å². The molecule has 0 spiro atoms. The first kappa shape index (κ1) is 7.72. The van der Waals surface area contributed by atoms with Crippen LogP contribution in [0.3, 0.4) is 0 Å². The summed E-state index contributed by atoms with van der Waals surface area (Å²) in [7, 11) is 0. The van der Waals surface area contributed by atoms with E-state index in [0.29, 0.717) is 16.1 Å². The lowest BCUT2D eigenvalue weighted by atomic mass is 10.5. The molecule has 1 heterocycles. The number of aromatic nitrogens is 2. The van der Waals surface area contributed by atoms with Gasteiger partial charge in [0.05, 0.1) is 6.54 Å². The van der Waals surface area contributed by atoms with Crippen LogP contribution in [0.15, 0.2) is 6.07 Å². The minimum atomic E-state index is 0.250. The van der Waals surface area contributed by atoms with Crippen LogP contribution in [0.1, 0.15) is 5.82 Å². The monoisotopic (exact) mass is 177 g/mol. The largest absolute Gasteiger partial charge is 0.324 e. The van der Waals surface area contributed by atoms with Crippen LogP contribution in [0.4, 0.5) is 0 Å². The summed E-state index contributed by atoms with van der Waals surface area (Å²) in [6, 6.07) is 1.46. The molecule has 0 aromatic carbocycles. The van der Waals surface area contributed by atoms with Gasteiger partial charge in [-0.15, -0.1) is 0 Å². The highest BCUT2D eigenvalue weighted by atomic mass is 35.5. The Bertz CT molecular complexity index is 218. The van der Waals surface area contributed by atoms with Crippen LogP contribution in [0.2, 0.25) is 10.3 Å². The molecule has 0 amide bonds. The highest BCUT2D eigenvalue weighted by molar-refractivity contribution is 6.33. The third kappa shape index (κ3) is 1.80. The molecule has 0 bridgehead atoms. The molecule has 1 aromatic rings. The first-order chi connectivity index (χ1) is 4.72. The molecule has 5 heteroatoms. The molecular formula is C5H5Cl2N3. The summed E-state index contributed by atoms with van der Waals surface area (Å²) < 4.78 is 0. The van der Waals surface area contributed by atoms with E-state index in [0.717, 1.165) is 0 Å². The van der Waals surface area contributed by atoms with Crippen molar-refractivity contribution in [1.82, 2.24) is 9.97 Å². The van der Waals surface area contributed by atoms with E-state index in [-0.39, 0.29) is 6.54 Å². The van der Waals surface area contributed by atoms with Crippen LogP contribution >= 0.6 is 23.2 Å². The SMILES string of the molecule is NCc1nc(Cl)cc(Cl)n1. The lowest BCUT2D eigenvalue weighted by molar-refractivity contribution is 0.909. The van der Waals surface area contributed by atoms with Gasteiger partial charge in [0.1, 0.15) is 16.1 Å². The summed E-state index contributed by atoms with van der Waals surface area (Å²) in [4.78, 5) is 7.59. The van der Waals surface area contributed by atoms with Crippen LogP contribution < -0.4 is 5.73 Å². The Labute approximate surface area is 68.2 Å². The number of hydrogen-bond donors (Lipinski definition) is 1. The summed E-state index contributed by atoms with van der Waals surface area (Å²) in [5, 5.41) is 0.640. The van der Waals surface area contributed by atoms with Crippen molar-refractivity contribution in [2.75, 3.05) is 0 Å². The van der Waals surface area contributed by atoms with Gasteiger partial charge in [-0.3, -0.25) is 0 Å². The average molecular weight is 178 g/mol. The summed E-state index contributed by atoms with van der Waals surface area (Å²) in [5.41, 5.74) is 5.25. The minimum absolute atomic E-state index is 0.250. The Morgan fingerprint density at radius 1 is 1.30 bits per heavy atom. The van der Waals surface area contributed by atoms with Crippen LogP contribution in [0, 0.1) is 0 Å². The molecule has 1 aromatic heterocycles. The van der Waals surface area contributed by atoms with E-state index < -0.39 is 0 Å². The van der Waals surface area contributed by atoms with Crippen molar-refractivity contribution in [1.29, 1.82) is 0 Å². The smallest absolute Gasteiger partial charge is 0.145 e. The Hall–Kier alpha value is -0.380. The van der Waals surface area contributed by atoms with Gasteiger partial charge in [-0.2, -0.15) is 0 Å². The fourth-order valence-corrected chi connectivity index (χ4v) is 0.983. The Morgan fingerprint density at radius 2 is 1.80 bits per heavy atom. The van der Waals surface area contributed by atoms with E-state index in [1.165, 1.54) is 6.07 Å². The van der Waals surface area contributed by atoms with E-state index >= 15 is 0 Å². The van der Waals surface area contributed by atoms with Gasteiger partial charge in [0.15, 0.2) is 0 Å². The normalized spacial score (nSPS) is 9.90. The topological polar surface area (TPSA) is 51.8 Å². The van der Waals surface area contributed by atoms with Crippen molar-refractivity contribution in [2.24, 2.45) is 5.73 Å². The molecule has 3 nitrogen and oxygen atoms in total. The van der Waals surface area contributed by atoms with E-state index in [1.54, 1.807) is 0 Å². The first-order valence-corrected chi connectivity index (χ1v) is 3.37. The van der Waals surface area contributed by atoms with E-state index in [4.69, 9.17) is 28.9 Å². The van der Waals surface area contributed by atoms with Crippen molar-refractivity contribution in [3.63, 3.8) is 0 Å². The molecule has 0 aliphatic heterocycles. The molecule has 0 unspecified atom stereocenters. The maximum Gasteiger partial charge on any atom is 0.145 e. The third-order valence-corrected chi connectivity index (χ3v) is 1.28. The van der Waals surface area contributed by atoms with Gasteiger partial charge in [0.25, 0.3) is 0 Å². The van der Waals surface area contributed by atoms with Gasteiger partial charge >= 0.3 is 0 Å². The lowest BCUT2D eigenvalue weighted by Gasteiger charge is -1.95. The molecule has 0 fully saturated rings. The molecule has 0 saturated heterocycles. The van der Waals surface area contributed by atoms with Crippen LogP contribution in [0.5, 0.6) is 0 Å². The van der Waals surface area contributed by atoms with Crippen LogP contribution in [0.25, 0.3) is 0 Å². The number of nitrogens with two attached hydrogens (primary N) is 1. The molecule has 0 atom stereocenters. The standard InChI is InChI=1S/C5H5Cl2N3/c6-3-1-4(7)10-5(2-8)9-3/h1H,2,8H2. The molecule has 0 saturated carbocycles. The van der Waals surface area contributed by atoms with Crippen molar-refractivity contribution >= 4 is 23.2 Å². The Morgan fingerprint density at radius 3 is 2.20 bits per heavy atom. The highest BCUT2D eigenvalue weighted by Gasteiger charge is 1.97. The predicted molar refractivity (Wildman–Crippen MR) is 39.9 cm³/mol. The molecule has 1 rings (SSSR count). The summed E-state index contributed by atoms with van der Waals surface area (Å²) in [6.07, 6.45) is 0. The minimum Gasteiger partial charge on any atom is -0.324 e. The Balaban J connectivity index is 3.06. The Kier molecular flexibility index (Phi) is 2.43. The molecule has 0 aliphatic rings. The zero-order chi connectivity index (χ0) is 7.56. The molecular weight excluding hydrogens is 173 g/mol. The summed E-state index contributed by atoms with van der Waals surface area (Å²) in [6.45, 7) is 0.250. The fraction of sp³-hybridized carbons (Fsp3) is 0.200. The van der Waals surface area contributed by atoms with Crippen LogP contribution in [-0.2, 0) is 6.54 Å². The van der Waals surface area contributed by atoms with E-state index in [2.05, 4.69) is 9.97 Å². The molecule has 10 heavy (non-hydrogen) atoms. The summed E-state index contributed by atoms with van der Waals surface area (Å²) in [5.74, 6) is 0.456. The van der Waals surface area contributed by atoms with Gasteiger partial charge < -0.3 is 5.73 Å². The molecule has 0 aliphatic carbocycles. The lowest BCUT2D eigenvalue weighted by Crippen LogP contribution is -2.02. The maximum absolute atomic E-state index is 5.54. The third-order valence-electron chi connectivity index (χ3n) is 0.893. The highest BCUT2D eigenvalue weighted by Crippen LogP contribution is 2.10. The van der Waals surface area contributed by atoms with Gasteiger partial charge in [-0.1, -0.05) is 23.2 Å². The van der Waals surface area contributed by atoms with Gasteiger partial charge in [0.2, 0.25) is 0 Å². The quantitative estimate of drug-likeness (QED) is 0.658. The van der Waals surface area contributed by atoms with Gasteiger partial charge in [0, 0.05) is 6.07 Å². The molecule has 2 N–H and O–H groups in total. The number of nitrogens with zero attached hydrogens (tertiary/aromatic N) is 2. The fourth-order valence-electron chi connectivity index (χ4n) is 0.526. The maximum atomic E-state index is 5.54. The number of hydrogen-bond acceptors (Lipinski definition) is 3. The van der Waals surface area contributed by atoms with E-state index in [9.17, 15) is 0 Å².